The molecule has 1 aliphatic rings. The number of ether oxygens (including phenoxy) is 2. The van der Waals surface area contributed by atoms with Gasteiger partial charge in [0.05, 0.1) is 23.9 Å². The van der Waals surface area contributed by atoms with Gasteiger partial charge < -0.3 is 19.7 Å². The van der Waals surface area contributed by atoms with Crippen molar-refractivity contribution in [3.05, 3.63) is 76.6 Å². The number of methoxy groups -OCH3 is 1. The molecular weight excluding hydrogens is 431 g/mol. The van der Waals surface area contributed by atoms with Crippen LogP contribution < -0.4 is 15.0 Å². The van der Waals surface area contributed by atoms with Gasteiger partial charge >= 0.3 is 0 Å². The quantitative estimate of drug-likeness (QED) is 0.518. The highest BCUT2D eigenvalue weighted by atomic mass is 35.5. The Morgan fingerprint density at radius 2 is 1.88 bits per heavy atom. The first-order valence-electron chi connectivity index (χ1n) is 10.3. The van der Waals surface area contributed by atoms with Gasteiger partial charge in [0.25, 0.3) is 5.91 Å². The zero-order valence-electron chi connectivity index (χ0n) is 18.1. The predicted octanol–water partition coefficient (Wildman–Crippen LogP) is 6.09. The van der Waals surface area contributed by atoms with Crippen LogP contribution >= 0.6 is 11.6 Å². The van der Waals surface area contributed by atoms with Crippen LogP contribution in [0.3, 0.4) is 0 Å². The van der Waals surface area contributed by atoms with E-state index >= 15 is 0 Å². The lowest BCUT2D eigenvalue weighted by Crippen LogP contribution is -2.35. The van der Waals surface area contributed by atoms with E-state index in [4.69, 9.17) is 21.1 Å². The summed E-state index contributed by atoms with van der Waals surface area (Å²) in [4.78, 5) is 14.8. The number of amides is 1. The summed E-state index contributed by atoms with van der Waals surface area (Å²) in [6, 6.07) is 15.9. The van der Waals surface area contributed by atoms with Crippen LogP contribution in [-0.2, 0) is 4.74 Å². The summed E-state index contributed by atoms with van der Waals surface area (Å²) in [7, 11) is 1.48. The number of rotatable bonds is 4. The zero-order chi connectivity index (χ0) is 22.8. The smallest absolute Gasteiger partial charge is 0.255 e. The van der Waals surface area contributed by atoms with E-state index in [1.807, 2.05) is 23.1 Å². The van der Waals surface area contributed by atoms with E-state index in [-0.39, 0.29) is 35.9 Å². The molecule has 0 saturated carbocycles. The first-order chi connectivity index (χ1) is 15.4. The van der Waals surface area contributed by atoms with Gasteiger partial charge in [-0.3, -0.25) is 4.79 Å². The Morgan fingerprint density at radius 3 is 2.62 bits per heavy atom. The third-order valence-electron chi connectivity index (χ3n) is 5.49. The van der Waals surface area contributed by atoms with Crippen LogP contribution in [0.25, 0.3) is 11.1 Å². The fourth-order valence-electron chi connectivity index (χ4n) is 3.93. The fraction of sp³-hybridized carbons (Fsp3) is 0.240. The van der Waals surface area contributed by atoms with E-state index in [1.165, 1.54) is 13.2 Å². The van der Waals surface area contributed by atoms with Crippen molar-refractivity contribution < 1.29 is 18.7 Å². The van der Waals surface area contributed by atoms with Gasteiger partial charge in [-0.2, -0.15) is 0 Å². The van der Waals surface area contributed by atoms with Crippen LogP contribution in [0.4, 0.5) is 15.8 Å². The van der Waals surface area contributed by atoms with Crippen LogP contribution in [0.1, 0.15) is 35.7 Å². The minimum absolute atomic E-state index is 0.0686. The molecule has 1 heterocycles. The summed E-state index contributed by atoms with van der Waals surface area (Å²) in [6.07, 6.45) is 0. The third kappa shape index (κ3) is 4.04. The minimum Gasteiger partial charge on any atom is -0.496 e. The van der Waals surface area contributed by atoms with Crippen LogP contribution in [0.15, 0.2) is 54.6 Å². The zero-order valence-corrected chi connectivity index (χ0v) is 18.9. The molecule has 0 radical (unpaired) electrons. The maximum absolute atomic E-state index is 14.9. The van der Waals surface area contributed by atoms with Crippen molar-refractivity contribution in [2.75, 3.05) is 25.5 Å². The van der Waals surface area contributed by atoms with E-state index < -0.39 is 5.82 Å². The lowest BCUT2D eigenvalue weighted by atomic mass is 9.97. The van der Waals surface area contributed by atoms with Gasteiger partial charge in [0, 0.05) is 16.3 Å². The number of fused-ring (bicyclic) bond motifs is 1. The molecule has 3 aromatic rings. The van der Waals surface area contributed by atoms with Gasteiger partial charge in [0.1, 0.15) is 25.0 Å². The third-order valence-corrected chi connectivity index (χ3v) is 5.80. The minimum atomic E-state index is -0.466. The SMILES string of the molecule is COc1cccc(F)c1-c1cc2c(cc1Cl)C(=O)NCOCN2c1ccccc1C(C)C. The van der Waals surface area contributed by atoms with Gasteiger partial charge in [-0.25, -0.2) is 4.39 Å². The molecule has 3 aromatic carbocycles. The highest BCUT2D eigenvalue weighted by molar-refractivity contribution is 6.34. The first kappa shape index (κ1) is 22.1. The number of para-hydroxylation sites is 1. The van der Waals surface area contributed by atoms with Crippen molar-refractivity contribution in [1.82, 2.24) is 5.32 Å². The largest absolute Gasteiger partial charge is 0.496 e. The van der Waals surface area contributed by atoms with E-state index in [9.17, 15) is 9.18 Å². The van der Waals surface area contributed by atoms with Crippen LogP contribution in [0.2, 0.25) is 5.02 Å². The molecule has 1 amide bonds. The van der Waals surface area contributed by atoms with Crippen molar-refractivity contribution in [2.24, 2.45) is 0 Å². The van der Waals surface area contributed by atoms with Crippen molar-refractivity contribution >= 4 is 28.9 Å². The van der Waals surface area contributed by atoms with Gasteiger partial charge in [-0.05, 0) is 41.8 Å². The number of carbonyl (C=O) groups is 1. The Bertz CT molecular complexity index is 1170. The van der Waals surface area contributed by atoms with Crippen molar-refractivity contribution in [3.8, 4) is 16.9 Å². The molecule has 0 aliphatic carbocycles. The summed E-state index contributed by atoms with van der Waals surface area (Å²) >= 11 is 6.58. The molecule has 32 heavy (non-hydrogen) atoms. The molecule has 7 heteroatoms. The number of nitrogens with one attached hydrogen (secondary N) is 1. The molecule has 0 atom stereocenters. The highest BCUT2D eigenvalue weighted by Gasteiger charge is 2.26. The molecule has 0 bridgehead atoms. The summed E-state index contributed by atoms with van der Waals surface area (Å²) in [6.45, 7) is 4.48. The van der Waals surface area contributed by atoms with Crippen LogP contribution in [0, 0.1) is 5.82 Å². The number of carbonyl (C=O) groups excluding carboxylic acids is 1. The van der Waals surface area contributed by atoms with Gasteiger partial charge in [-0.15, -0.1) is 0 Å². The van der Waals surface area contributed by atoms with Gasteiger partial charge in [0.2, 0.25) is 0 Å². The molecule has 0 aromatic heterocycles. The highest BCUT2D eigenvalue weighted by Crippen LogP contribution is 2.43. The van der Waals surface area contributed by atoms with Gasteiger partial charge in [-0.1, -0.05) is 49.7 Å². The normalized spacial score (nSPS) is 13.9. The Labute approximate surface area is 191 Å². The van der Waals surface area contributed by atoms with E-state index in [0.717, 1.165) is 11.3 Å². The van der Waals surface area contributed by atoms with Gasteiger partial charge in [0.15, 0.2) is 0 Å². The summed E-state index contributed by atoms with van der Waals surface area (Å²) in [5, 5.41) is 2.98. The molecule has 1 aliphatic heterocycles. The first-order valence-corrected chi connectivity index (χ1v) is 10.7. The molecule has 4 rings (SSSR count). The second-order valence-electron chi connectivity index (χ2n) is 7.79. The lowest BCUT2D eigenvalue weighted by molar-refractivity contribution is 0.0786. The molecule has 0 saturated heterocycles. The summed E-state index contributed by atoms with van der Waals surface area (Å²) in [5.41, 5.74) is 3.63. The molecule has 0 spiro atoms. The summed E-state index contributed by atoms with van der Waals surface area (Å²) < 4.78 is 26.0. The van der Waals surface area contributed by atoms with E-state index in [0.29, 0.717) is 22.6 Å². The average molecular weight is 455 g/mol. The average Bonchev–Trinajstić information content (AvgIpc) is 2.78. The number of nitrogens with zero attached hydrogens (tertiary/aromatic N) is 1. The number of halogens is 2. The molecule has 166 valence electrons. The van der Waals surface area contributed by atoms with E-state index in [1.54, 1.807) is 24.3 Å². The number of benzene rings is 3. The van der Waals surface area contributed by atoms with E-state index in [2.05, 4.69) is 25.2 Å². The molecular formula is C25H24ClFN2O3. The topological polar surface area (TPSA) is 50.8 Å². The number of anilines is 2. The monoisotopic (exact) mass is 454 g/mol. The lowest BCUT2D eigenvalue weighted by Gasteiger charge is -2.32. The maximum Gasteiger partial charge on any atom is 0.255 e. The van der Waals surface area contributed by atoms with Crippen LogP contribution in [-0.4, -0.2) is 26.5 Å². The molecule has 0 unspecified atom stereocenters. The number of hydrogen-bond acceptors (Lipinski definition) is 4. The van der Waals surface area contributed by atoms with Crippen molar-refractivity contribution in [3.63, 3.8) is 0 Å². The Morgan fingerprint density at radius 1 is 1.09 bits per heavy atom. The Balaban J connectivity index is 1.99. The van der Waals surface area contributed by atoms with Crippen molar-refractivity contribution in [1.29, 1.82) is 0 Å². The van der Waals surface area contributed by atoms with Crippen LogP contribution in [0.5, 0.6) is 5.75 Å². The molecule has 1 N–H and O–H groups in total. The van der Waals surface area contributed by atoms with Crippen molar-refractivity contribution in [2.45, 2.75) is 19.8 Å². The fourth-order valence-corrected chi connectivity index (χ4v) is 4.19. The molecule has 0 fully saturated rings. The molecule has 5 nitrogen and oxygen atoms in total. The standard InChI is InChI=1S/C25H24ClFN2O3/c1-15(2)16-7-4-5-9-21(16)29-14-32-13-28-25(30)18-11-19(26)17(12-22(18)29)24-20(27)8-6-10-23(24)31-3/h4-12,15H,13-14H2,1-3H3,(H,28,30). The predicted molar refractivity (Wildman–Crippen MR) is 124 cm³/mol. The second-order valence-corrected chi connectivity index (χ2v) is 8.20. The second kappa shape index (κ2) is 9.18. The summed E-state index contributed by atoms with van der Waals surface area (Å²) in [5.74, 6) is -0.188. The number of hydrogen-bond donors (Lipinski definition) is 1. The maximum atomic E-state index is 14.9. The Kier molecular flexibility index (Phi) is 6.35. The Hall–Kier alpha value is -3.09.